The fourth-order valence-electron chi connectivity index (χ4n) is 3.12. The molecule has 184 valence electrons. The largest absolute Gasteiger partial charge is 0.484 e. The molecule has 1 atom stereocenters. The zero-order chi connectivity index (χ0) is 25.4. The zero-order valence-electron chi connectivity index (χ0n) is 19.1. The van der Waals surface area contributed by atoms with Crippen molar-refractivity contribution < 1.29 is 18.7 Å². The number of benzene rings is 2. The second-order valence-corrected chi connectivity index (χ2v) is 9.25. The number of halogens is 3. The van der Waals surface area contributed by atoms with Crippen LogP contribution in [0.4, 0.5) is 0 Å². The van der Waals surface area contributed by atoms with Gasteiger partial charge in [0, 0.05) is 10.6 Å². The smallest absolute Gasteiger partial charge is 0.262 e. The maximum Gasteiger partial charge on any atom is 0.262 e. The van der Waals surface area contributed by atoms with E-state index in [0.717, 1.165) is 0 Å². The molecule has 10 heteroatoms. The Morgan fingerprint density at radius 3 is 2.51 bits per heavy atom. The van der Waals surface area contributed by atoms with E-state index in [0.29, 0.717) is 44.3 Å². The highest BCUT2D eigenvalue weighted by molar-refractivity contribution is 6.43. The van der Waals surface area contributed by atoms with Gasteiger partial charge in [0.25, 0.3) is 11.8 Å². The van der Waals surface area contributed by atoms with Crippen molar-refractivity contribution >= 4 is 52.8 Å². The lowest BCUT2D eigenvalue weighted by Gasteiger charge is -2.19. The van der Waals surface area contributed by atoms with Gasteiger partial charge in [-0.1, -0.05) is 54.7 Å². The minimum absolute atomic E-state index is 0.155. The Morgan fingerprint density at radius 1 is 1.06 bits per heavy atom. The first-order valence-corrected chi connectivity index (χ1v) is 11.9. The highest BCUT2D eigenvalue weighted by Crippen LogP contribution is 2.34. The number of rotatable bonds is 10. The Morgan fingerprint density at radius 2 is 1.80 bits per heavy atom. The predicted molar refractivity (Wildman–Crippen MR) is 138 cm³/mol. The number of hydrogen-bond acceptors (Lipinski definition) is 5. The summed E-state index contributed by atoms with van der Waals surface area (Å²) in [5.41, 5.74) is 3.09. The van der Waals surface area contributed by atoms with E-state index in [9.17, 15) is 9.59 Å². The zero-order valence-corrected chi connectivity index (χ0v) is 21.3. The number of nitrogens with zero attached hydrogens (tertiary/aromatic N) is 1. The van der Waals surface area contributed by atoms with Crippen LogP contribution >= 0.6 is 34.8 Å². The van der Waals surface area contributed by atoms with Gasteiger partial charge in [-0.05, 0) is 60.9 Å². The average Bonchev–Trinajstić information content (AvgIpc) is 3.28. The molecule has 2 N–H and O–H groups in total. The van der Waals surface area contributed by atoms with Crippen molar-refractivity contribution in [2.45, 2.75) is 26.3 Å². The van der Waals surface area contributed by atoms with Gasteiger partial charge >= 0.3 is 0 Å². The molecule has 0 aliphatic rings. The van der Waals surface area contributed by atoms with Gasteiger partial charge in [0.1, 0.15) is 23.3 Å². The second kappa shape index (κ2) is 12.6. The molecule has 0 aliphatic heterocycles. The van der Waals surface area contributed by atoms with Gasteiger partial charge in [0.2, 0.25) is 0 Å². The van der Waals surface area contributed by atoms with E-state index in [1.165, 1.54) is 6.21 Å². The molecule has 0 aliphatic carbocycles. The summed E-state index contributed by atoms with van der Waals surface area (Å²) in [6, 6.07) is 14.5. The number of carbonyl (C=O) groups is 2. The molecule has 1 heterocycles. The summed E-state index contributed by atoms with van der Waals surface area (Å²) in [4.78, 5) is 25.0. The molecular weight excluding hydrogens is 513 g/mol. The van der Waals surface area contributed by atoms with E-state index >= 15 is 0 Å². The average molecular weight is 537 g/mol. The van der Waals surface area contributed by atoms with Crippen LogP contribution in [-0.2, 0) is 9.59 Å². The SMILES string of the molecule is CC(C)C[C@@H](NC(=O)COc1ccc(Cl)cc1)C(=O)N/N=C\c1ccc(-c2cccc(Cl)c2Cl)o1. The van der Waals surface area contributed by atoms with Gasteiger partial charge in [-0.15, -0.1) is 0 Å². The molecule has 3 aromatic rings. The third-order valence-electron chi connectivity index (χ3n) is 4.75. The third kappa shape index (κ3) is 8.02. The first kappa shape index (κ1) is 26.6. The van der Waals surface area contributed by atoms with Crippen molar-refractivity contribution in [3.63, 3.8) is 0 Å². The van der Waals surface area contributed by atoms with Crippen LogP contribution in [0.15, 0.2) is 64.1 Å². The van der Waals surface area contributed by atoms with Crippen LogP contribution in [0.3, 0.4) is 0 Å². The summed E-state index contributed by atoms with van der Waals surface area (Å²) in [6.07, 6.45) is 1.78. The number of hydrazone groups is 1. The summed E-state index contributed by atoms with van der Waals surface area (Å²) in [6.45, 7) is 3.66. The molecule has 0 spiro atoms. The maximum absolute atomic E-state index is 12.7. The Kier molecular flexibility index (Phi) is 9.60. The highest BCUT2D eigenvalue weighted by atomic mass is 35.5. The van der Waals surface area contributed by atoms with Gasteiger partial charge in [0.15, 0.2) is 6.61 Å². The quantitative estimate of drug-likeness (QED) is 0.247. The lowest BCUT2D eigenvalue weighted by atomic mass is 10.0. The van der Waals surface area contributed by atoms with E-state index in [2.05, 4.69) is 15.8 Å². The fourth-order valence-corrected chi connectivity index (χ4v) is 3.64. The minimum Gasteiger partial charge on any atom is -0.484 e. The lowest BCUT2D eigenvalue weighted by molar-refractivity contribution is -0.130. The normalized spacial score (nSPS) is 12.1. The van der Waals surface area contributed by atoms with Crippen molar-refractivity contribution in [2.75, 3.05) is 6.61 Å². The molecular formula is C25H24Cl3N3O4. The molecule has 0 saturated carbocycles. The number of hydrogen-bond donors (Lipinski definition) is 2. The van der Waals surface area contributed by atoms with Crippen molar-refractivity contribution in [3.05, 3.63) is 75.4 Å². The number of nitrogens with one attached hydrogen (secondary N) is 2. The first-order valence-electron chi connectivity index (χ1n) is 10.8. The molecule has 7 nitrogen and oxygen atoms in total. The fraction of sp³-hybridized carbons (Fsp3) is 0.240. The van der Waals surface area contributed by atoms with Crippen molar-refractivity contribution in [2.24, 2.45) is 11.0 Å². The van der Waals surface area contributed by atoms with Crippen molar-refractivity contribution in [1.29, 1.82) is 0 Å². The van der Waals surface area contributed by atoms with Gasteiger partial charge in [-0.3, -0.25) is 9.59 Å². The molecule has 2 amide bonds. The number of carbonyl (C=O) groups excluding carboxylic acids is 2. The van der Waals surface area contributed by atoms with E-state index in [-0.39, 0.29) is 12.5 Å². The van der Waals surface area contributed by atoms with Gasteiger partial charge in [-0.2, -0.15) is 5.10 Å². The van der Waals surface area contributed by atoms with Crippen LogP contribution in [0.5, 0.6) is 5.75 Å². The number of amides is 2. The van der Waals surface area contributed by atoms with Gasteiger partial charge in [0.05, 0.1) is 16.3 Å². The molecule has 0 radical (unpaired) electrons. The minimum atomic E-state index is -0.786. The molecule has 0 saturated heterocycles. The van der Waals surface area contributed by atoms with Gasteiger partial charge < -0.3 is 14.5 Å². The molecule has 35 heavy (non-hydrogen) atoms. The van der Waals surface area contributed by atoms with Crippen molar-refractivity contribution in [3.8, 4) is 17.1 Å². The molecule has 0 unspecified atom stereocenters. The van der Waals surface area contributed by atoms with E-state index in [1.54, 1.807) is 54.6 Å². The Bertz CT molecular complexity index is 1190. The van der Waals surface area contributed by atoms with Crippen molar-refractivity contribution in [1.82, 2.24) is 10.7 Å². The van der Waals surface area contributed by atoms with Crippen LogP contribution in [0, 0.1) is 5.92 Å². The number of furan rings is 1. The lowest BCUT2D eigenvalue weighted by Crippen LogP contribution is -2.47. The highest BCUT2D eigenvalue weighted by Gasteiger charge is 2.22. The van der Waals surface area contributed by atoms with Gasteiger partial charge in [-0.25, -0.2) is 5.43 Å². The van der Waals surface area contributed by atoms with Crippen LogP contribution in [-0.4, -0.2) is 30.7 Å². The molecule has 1 aromatic heterocycles. The third-order valence-corrected chi connectivity index (χ3v) is 5.82. The summed E-state index contributed by atoms with van der Waals surface area (Å²) < 4.78 is 11.2. The molecule has 0 fully saturated rings. The van der Waals surface area contributed by atoms with Crippen LogP contribution in [0.25, 0.3) is 11.3 Å². The summed E-state index contributed by atoms with van der Waals surface area (Å²) >= 11 is 18.1. The summed E-state index contributed by atoms with van der Waals surface area (Å²) in [5, 5.41) is 8.01. The summed E-state index contributed by atoms with van der Waals surface area (Å²) in [7, 11) is 0. The standard InChI is InChI=1S/C25H24Cl3N3O4/c1-15(2)12-21(30-23(32)14-34-17-8-6-16(26)7-9-17)25(33)31-29-13-18-10-11-22(35-18)19-4-3-5-20(27)24(19)28/h3-11,13,15,21H,12,14H2,1-2H3,(H,30,32)(H,31,33)/b29-13-/t21-/m1/s1. The molecule has 0 bridgehead atoms. The predicted octanol–water partition coefficient (Wildman–Crippen LogP) is 5.97. The van der Waals surface area contributed by atoms with Crippen LogP contribution in [0.1, 0.15) is 26.0 Å². The van der Waals surface area contributed by atoms with E-state index in [1.807, 2.05) is 13.8 Å². The monoisotopic (exact) mass is 535 g/mol. The Labute approximate surface area is 218 Å². The van der Waals surface area contributed by atoms with E-state index in [4.69, 9.17) is 44.0 Å². The number of ether oxygens (including phenoxy) is 1. The second-order valence-electron chi connectivity index (χ2n) is 8.03. The topological polar surface area (TPSA) is 92.9 Å². The molecule has 2 aromatic carbocycles. The Hall–Kier alpha value is -3.00. The summed E-state index contributed by atoms with van der Waals surface area (Å²) in [5.74, 6) is 0.671. The van der Waals surface area contributed by atoms with Crippen LogP contribution in [0.2, 0.25) is 15.1 Å². The van der Waals surface area contributed by atoms with Crippen LogP contribution < -0.4 is 15.5 Å². The Balaban J connectivity index is 1.57. The maximum atomic E-state index is 12.7. The molecule has 3 rings (SSSR count). The van der Waals surface area contributed by atoms with E-state index < -0.39 is 17.9 Å². The first-order chi connectivity index (χ1) is 16.7.